The first-order valence-electron chi connectivity index (χ1n) is 47.0. The van der Waals surface area contributed by atoms with Crippen LogP contribution in [0.15, 0.2) is 0 Å². The lowest BCUT2D eigenvalue weighted by Gasteiger charge is -2.23. The molecule has 0 rings (SSSR count). The van der Waals surface area contributed by atoms with Crippen LogP contribution >= 0.6 is 0 Å². The molecule has 632 valence electrons. The van der Waals surface area contributed by atoms with E-state index in [1.165, 1.54) is 193 Å². The first-order chi connectivity index (χ1) is 52.3. The highest BCUT2D eigenvalue weighted by atomic mass is 16.6. The molecule has 2 amide bonds. The first kappa shape index (κ1) is 104. The molecule has 14 heteroatoms. The normalized spacial score (nSPS) is 12.2. The Balaban J connectivity index is 5.48. The first-order valence-corrected chi connectivity index (χ1v) is 47.0. The van der Waals surface area contributed by atoms with Crippen LogP contribution in [0.3, 0.4) is 0 Å². The lowest BCUT2D eigenvalue weighted by molar-refractivity contribution is -0.151. The van der Waals surface area contributed by atoms with Crippen molar-refractivity contribution in [3.05, 3.63) is 0 Å². The van der Waals surface area contributed by atoms with E-state index in [9.17, 15) is 28.8 Å². The van der Waals surface area contributed by atoms with Gasteiger partial charge in [0, 0.05) is 51.9 Å². The van der Waals surface area contributed by atoms with Crippen molar-refractivity contribution in [2.24, 2.45) is 11.8 Å². The molecule has 2 N–H and O–H groups in total. The summed E-state index contributed by atoms with van der Waals surface area (Å²) in [5, 5.41) is 6.14. The van der Waals surface area contributed by atoms with Gasteiger partial charge in [-0.2, -0.15) is 0 Å². The summed E-state index contributed by atoms with van der Waals surface area (Å²) in [5.74, 6) is 0.121. The molecule has 0 heterocycles. The smallest absolute Gasteiger partial charge is 0.306 e. The van der Waals surface area contributed by atoms with Crippen molar-refractivity contribution in [3.63, 3.8) is 0 Å². The number of hydrogen-bond donors (Lipinski definition) is 2. The summed E-state index contributed by atoms with van der Waals surface area (Å²) in [5.41, 5.74) is 0. The van der Waals surface area contributed by atoms with Crippen molar-refractivity contribution in [1.29, 1.82) is 0 Å². The molecule has 0 aromatic rings. The summed E-state index contributed by atoms with van der Waals surface area (Å²) in [4.78, 5) is 82.9. The average molecular weight is 1510 g/mol. The number of unbranched alkanes of at least 4 members (excludes halogenated alkanes) is 44. The van der Waals surface area contributed by atoms with E-state index >= 15 is 0 Å². The molecule has 0 aromatic heterocycles. The quantitative estimate of drug-likeness (QED) is 0.0256. The maximum absolute atomic E-state index is 13.3. The van der Waals surface area contributed by atoms with E-state index < -0.39 is 0 Å². The van der Waals surface area contributed by atoms with Gasteiger partial charge in [-0.3, -0.25) is 28.8 Å². The molecule has 107 heavy (non-hydrogen) atoms. The molecule has 0 aromatic carbocycles. The van der Waals surface area contributed by atoms with Crippen LogP contribution in [0.25, 0.3) is 0 Å². The van der Waals surface area contributed by atoms with Crippen LogP contribution in [0.1, 0.15) is 473 Å². The highest BCUT2D eigenvalue weighted by molar-refractivity contribution is 5.96. The third-order valence-electron chi connectivity index (χ3n) is 22.0. The van der Waals surface area contributed by atoms with Crippen LogP contribution in [0.5, 0.6) is 0 Å². The predicted molar refractivity (Wildman–Crippen MR) is 453 cm³/mol. The standard InChI is InChI=1S/C93H180N4O10/c1-9-15-21-27-37-51-65-86(66-52-38-28-22-16-10-2)106-92(102)71-57-43-33-47-61-77-96(75-59-45-31-41-55-69-90(100)104-82-84(7)63-49-35-25-19-13-5)79-73-94-88(98)81-89(99)95-74-80-97(76-60-46-32-42-56-70-91(101)105-83-85(8)64-50-36-26-20-14-6)78-62-48-34-44-58-72-93(103)107-87(67-53-39-29-23-17-11-3)68-54-40-30-24-18-12-4/h84-87H,9-83H2,1-8H3,(H,94,98)(H,95,99). The number of carbonyl (C=O) groups excluding carboxylic acids is 6. The van der Waals surface area contributed by atoms with Crippen LogP contribution in [-0.2, 0) is 47.7 Å². The topological polar surface area (TPSA) is 170 Å². The fourth-order valence-corrected chi connectivity index (χ4v) is 14.8. The van der Waals surface area contributed by atoms with E-state index in [0.717, 1.165) is 219 Å². The fourth-order valence-electron chi connectivity index (χ4n) is 14.8. The van der Waals surface area contributed by atoms with E-state index in [2.05, 4.69) is 75.8 Å². The molecule has 0 bridgehead atoms. The van der Waals surface area contributed by atoms with Gasteiger partial charge in [-0.25, -0.2) is 0 Å². The summed E-state index contributed by atoms with van der Waals surface area (Å²) in [6, 6.07) is 0. The Kier molecular flexibility index (Phi) is 79.7. The molecule has 0 saturated heterocycles. The predicted octanol–water partition coefficient (Wildman–Crippen LogP) is 25.5. The maximum atomic E-state index is 13.3. The maximum Gasteiger partial charge on any atom is 0.306 e. The molecule has 2 unspecified atom stereocenters. The summed E-state index contributed by atoms with van der Waals surface area (Å²) in [6.45, 7) is 25.1. The molecular formula is C93H180N4O10. The van der Waals surface area contributed by atoms with Gasteiger partial charge in [-0.05, 0) is 154 Å². The lowest BCUT2D eigenvalue weighted by Crippen LogP contribution is -2.40. The molecule has 0 fully saturated rings. The Morgan fingerprint density at radius 3 is 0.729 bits per heavy atom. The van der Waals surface area contributed by atoms with Crippen molar-refractivity contribution < 1.29 is 47.7 Å². The van der Waals surface area contributed by atoms with E-state index in [0.29, 0.717) is 76.9 Å². The van der Waals surface area contributed by atoms with Gasteiger partial charge >= 0.3 is 23.9 Å². The number of hydrogen-bond acceptors (Lipinski definition) is 12. The van der Waals surface area contributed by atoms with Gasteiger partial charge < -0.3 is 39.4 Å². The fraction of sp³-hybridized carbons (Fsp3) is 0.935. The number of esters is 4. The third-order valence-corrected chi connectivity index (χ3v) is 22.0. The van der Waals surface area contributed by atoms with Gasteiger partial charge in [0.2, 0.25) is 11.8 Å². The number of rotatable bonds is 86. The number of nitrogens with one attached hydrogen (secondary N) is 2. The summed E-state index contributed by atoms with van der Waals surface area (Å²) in [6.07, 6.45) is 71.0. The molecule has 0 spiro atoms. The van der Waals surface area contributed by atoms with Crippen molar-refractivity contribution >= 4 is 35.7 Å². The minimum absolute atomic E-state index is 0.0234. The van der Waals surface area contributed by atoms with Crippen LogP contribution in [-0.4, -0.2) is 123 Å². The number of nitrogens with zero attached hydrogens (tertiary/aromatic N) is 2. The Morgan fingerprint density at radius 2 is 0.467 bits per heavy atom. The van der Waals surface area contributed by atoms with E-state index in [4.69, 9.17) is 18.9 Å². The molecule has 0 saturated carbocycles. The van der Waals surface area contributed by atoms with Crippen molar-refractivity contribution in [1.82, 2.24) is 20.4 Å². The molecule has 2 atom stereocenters. The van der Waals surface area contributed by atoms with Crippen molar-refractivity contribution in [2.75, 3.05) is 65.6 Å². The van der Waals surface area contributed by atoms with Gasteiger partial charge in [0.1, 0.15) is 18.6 Å². The van der Waals surface area contributed by atoms with Crippen LogP contribution in [0.4, 0.5) is 0 Å². The second-order valence-corrected chi connectivity index (χ2v) is 33.1. The largest absolute Gasteiger partial charge is 0.465 e. The Hall–Kier alpha value is -3.26. The second-order valence-electron chi connectivity index (χ2n) is 33.1. The molecule has 14 nitrogen and oxygen atoms in total. The highest BCUT2D eigenvalue weighted by Crippen LogP contribution is 2.23. The number of carbonyl (C=O) groups is 6. The zero-order valence-electron chi connectivity index (χ0n) is 72.3. The molecular weight excluding hydrogens is 1330 g/mol. The molecule has 0 aliphatic carbocycles. The van der Waals surface area contributed by atoms with Crippen LogP contribution in [0, 0.1) is 11.8 Å². The lowest BCUT2D eigenvalue weighted by atomic mass is 10.0. The zero-order valence-corrected chi connectivity index (χ0v) is 72.3. The van der Waals surface area contributed by atoms with E-state index in [1.54, 1.807) is 0 Å². The van der Waals surface area contributed by atoms with E-state index in [1.807, 2.05) is 0 Å². The Bertz CT molecular complexity index is 1790. The van der Waals surface area contributed by atoms with Crippen molar-refractivity contribution in [2.45, 2.75) is 485 Å². The monoisotopic (exact) mass is 1510 g/mol. The highest BCUT2D eigenvalue weighted by Gasteiger charge is 2.19. The van der Waals surface area contributed by atoms with Crippen molar-refractivity contribution in [3.8, 4) is 0 Å². The molecule has 0 aliphatic heterocycles. The minimum atomic E-state index is -0.255. The molecule has 0 radical (unpaired) electrons. The number of amides is 2. The van der Waals surface area contributed by atoms with Gasteiger partial charge in [-0.1, -0.05) is 325 Å². The summed E-state index contributed by atoms with van der Waals surface area (Å²) >= 11 is 0. The molecule has 0 aliphatic rings. The van der Waals surface area contributed by atoms with Gasteiger partial charge in [-0.15, -0.1) is 0 Å². The second kappa shape index (κ2) is 82.2. The number of ether oxygens (including phenoxy) is 4. The van der Waals surface area contributed by atoms with Crippen LogP contribution < -0.4 is 10.6 Å². The van der Waals surface area contributed by atoms with Gasteiger partial charge in [0.25, 0.3) is 0 Å². The Labute approximate surface area is 662 Å². The summed E-state index contributed by atoms with van der Waals surface area (Å²) < 4.78 is 23.6. The third kappa shape index (κ3) is 76.5. The van der Waals surface area contributed by atoms with Crippen LogP contribution in [0.2, 0.25) is 0 Å². The zero-order chi connectivity index (χ0) is 78.2. The van der Waals surface area contributed by atoms with Gasteiger partial charge in [0.05, 0.1) is 13.2 Å². The average Bonchev–Trinajstić information content (AvgIpc) is 1.19. The summed E-state index contributed by atoms with van der Waals surface area (Å²) in [7, 11) is 0. The van der Waals surface area contributed by atoms with Gasteiger partial charge in [0.15, 0.2) is 0 Å². The Morgan fingerprint density at radius 1 is 0.252 bits per heavy atom. The van der Waals surface area contributed by atoms with E-state index in [-0.39, 0.29) is 54.3 Å². The minimum Gasteiger partial charge on any atom is -0.465 e. The SMILES string of the molecule is CCCCCCCCC(CCCCCCCC)OC(=O)CCCCCCCN(CCCCCCCC(=O)OCC(C)CCCCCCC)CCNC(=O)CC(=O)NCCN(CCCCCCCC(=O)OCC(C)CCCCCCC)CCCCCCCC(=O)OC(CCCCCCCC)CCCCCCCC.